The minimum absolute atomic E-state index is 0.0794. The fraction of sp³-hybridized carbons (Fsp3) is 0.733. The summed E-state index contributed by atoms with van der Waals surface area (Å²) in [7, 11) is -3.51. The molecule has 2 rings (SSSR count). The van der Waals surface area contributed by atoms with E-state index in [9.17, 15) is 8.42 Å². The summed E-state index contributed by atoms with van der Waals surface area (Å²) in [5.41, 5.74) is 0. The van der Waals surface area contributed by atoms with E-state index in [2.05, 4.69) is 12.2 Å². The molecule has 0 bridgehead atoms. The molecule has 1 fully saturated rings. The van der Waals surface area contributed by atoms with Crippen LogP contribution < -0.4 is 5.32 Å². The zero-order chi connectivity index (χ0) is 15.3. The highest BCUT2D eigenvalue weighted by atomic mass is 32.2. The molecular formula is C15H26N2O3S. The van der Waals surface area contributed by atoms with E-state index in [0.29, 0.717) is 18.8 Å². The van der Waals surface area contributed by atoms with Crippen LogP contribution in [0.3, 0.4) is 0 Å². The van der Waals surface area contributed by atoms with Crippen molar-refractivity contribution >= 4 is 10.0 Å². The van der Waals surface area contributed by atoms with E-state index < -0.39 is 10.0 Å². The van der Waals surface area contributed by atoms with Gasteiger partial charge in [0.2, 0.25) is 5.09 Å². The maximum atomic E-state index is 12.8. The fourth-order valence-electron chi connectivity index (χ4n) is 2.83. The van der Waals surface area contributed by atoms with Gasteiger partial charge in [-0.25, -0.2) is 8.42 Å². The van der Waals surface area contributed by atoms with Crippen molar-refractivity contribution in [2.24, 2.45) is 0 Å². The Kier molecular flexibility index (Phi) is 5.84. The van der Waals surface area contributed by atoms with Gasteiger partial charge in [-0.05, 0) is 37.9 Å². The summed E-state index contributed by atoms with van der Waals surface area (Å²) in [6.07, 6.45) is 4.94. The van der Waals surface area contributed by atoms with Crippen LogP contribution >= 0.6 is 0 Å². The normalized spacial score (nSPS) is 21.3. The van der Waals surface area contributed by atoms with Gasteiger partial charge in [0.1, 0.15) is 5.76 Å². The molecule has 5 nitrogen and oxygen atoms in total. The van der Waals surface area contributed by atoms with Crippen LogP contribution in [0, 0.1) is 0 Å². The van der Waals surface area contributed by atoms with E-state index in [1.807, 2.05) is 6.92 Å². The molecule has 1 N–H and O–H groups in total. The molecule has 120 valence electrons. The lowest BCUT2D eigenvalue weighted by atomic mass is 10.1. The van der Waals surface area contributed by atoms with Crippen molar-refractivity contribution in [1.82, 2.24) is 9.62 Å². The van der Waals surface area contributed by atoms with E-state index in [4.69, 9.17) is 4.42 Å². The molecule has 1 aromatic heterocycles. The Labute approximate surface area is 127 Å². The topological polar surface area (TPSA) is 62.6 Å². The van der Waals surface area contributed by atoms with Gasteiger partial charge in [0.15, 0.2) is 0 Å². The summed E-state index contributed by atoms with van der Waals surface area (Å²) < 4.78 is 32.8. The summed E-state index contributed by atoms with van der Waals surface area (Å²) in [6.45, 7) is 6.04. The fourth-order valence-corrected chi connectivity index (χ4v) is 4.53. The van der Waals surface area contributed by atoms with Crippen LogP contribution in [-0.2, 0) is 16.6 Å². The first-order valence-corrected chi connectivity index (χ1v) is 9.34. The van der Waals surface area contributed by atoms with Crippen LogP contribution in [0.4, 0.5) is 0 Å². The van der Waals surface area contributed by atoms with Crippen molar-refractivity contribution < 1.29 is 12.8 Å². The van der Waals surface area contributed by atoms with E-state index in [1.54, 1.807) is 16.4 Å². The number of furan rings is 1. The number of nitrogens with one attached hydrogen (secondary N) is 1. The van der Waals surface area contributed by atoms with E-state index in [0.717, 1.165) is 38.6 Å². The molecule has 21 heavy (non-hydrogen) atoms. The molecule has 1 aromatic rings. The molecule has 1 saturated heterocycles. The number of hydrogen-bond acceptors (Lipinski definition) is 4. The average molecular weight is 314 g/mol. The molecule has 0 radical (unpaired) electrons. The van der Waals surface area contributed by atoms with Gasteiger partial charge in [-0.15, -0.1) is 0 Å². The van der Waals surface area contributed by atoms with Crippen molar-refractivity contribution in [3.8, 4) is 0 Å². The van der Waals surface area contributed by atoms with Gasteiger partial charge in [-0.2, -0.15) is 4.31 Å². The van der Waals surface area contributed by atoms with Crippen LogP contribution in [0.25, 0.3) is 0 Å². The third-order valence-corrected chi connectivity index (χ3v) is 5.87. The first-order chi connectivity index (χ1) is 10.1. The second-order valence-electron chi connectivity index (χ2n) is 5.53. The lowest BCUT2D eigenvalue weighted by molar-refractivity contribution is 0.300. The van der Waals surface area contributed by atoms with Crippen molar-refractivity contribution in [1.29, 1.82) is 0 Å². The Hall–Kier alpha value is -0.850. The molecular weight excluding hydrogens is 288 g/mol. The summed E-state index contributed by atoms with van der Waals surface area (Å²) in [4.78, 5) is 0. The minimum Gasteiger partial charge on any atom is -0.447 e. The zero-order valence-electron chi connectivity index (χ0n) is 13.0. The smallest absolute Gasteiger partial charge is 0.276 e. The van der Waals surface area contributed by atoms with Crippen molar-refractivity contribution in [3.05, 3.63) is 17.9 Å². The molecule has 1 aliphatic heterocycles. The summed E-state index contributed by atoms with van der Waals surface area (Å²) >= 11 is 0. The average Bonchev–Trinajstić information content (AvgIpc) is 2.82. The standard InChI is InChI=1S/C15H26N2O3S/c1-3-13-8-6-5-7-11-17(13)21(18,19)15-10-9-14(20-15)12-16-4-2/h9-10,13,16H,3-8,11-12H2,1-2H3. The predicted octanol–water partition coefficient (Wildman–Crippen LogP) is 2.73. The number of nitrogens with zero attached hydrogens (tertiary/aromatic N) is 1. The zero-order valence-corrected chi connectivity index (χ0v) is 13.8. The Morgan fingerprint density at radius 3 is 2.81 bits per heavy atom. The summed E-state index contributed by atoms with van der Waals surface area (Å²) in [6, 6.07) is 3.42. The minimum atomic E-state index is -3.51. The molecule has 6 heteroatoms. The molecule has 0 aliphatic carbocycles. The summed E-state index contributed by atoms with van der Waals surface area (Å²) in [5.74, 6) is 0.665. The number of sulfonamides is 1. The first kappa shape index (κ1) is 16.5. The second-order valence-corrected chi connectivity index (χ2v) is 7.35. The largest absolute Gasteiger partial charge is 0.447 e. The Balaban J connectivity index is 2.20. The number of rotatable bonds is 6. The van der Waals surface area contributed by atoms with Crippen LogP contribution in [0.1, 0.15) is 51.7 Å². The van der Waals surface area contributed by atoms with Gasteiger partial charge < -0.3 is 9.73 Å². The molecule has 0 aromatic carbocycles. The van der Waals surface area contributed by atoms with Crippen molar-refractivity contribution in [3.63, 3.8) is 0 Å². The van der Waals surface area contributed by atoms with E-state index in [1.165, 1.54) is 0 Å². The maximum Gasteiger partial charge on any atom is 0.276 e. The van der Waals surface area contributed by atoms with Crippen LogP contribution in [0.2, 0.25) is 0 Å². The molecule has 0 spiro atoms. The molecule has 2 heterocycles. The van der Waals surface area contributed by atoms with Gasteiger partial charge in [0, 0.05) is 12.6 Å². The van der Waals surface area contributed by atoms with Gasteiger partial charge in [0.25, 0.3) is 10.0 Å². The molecule has 0 saturated carbocycles. The van der Waals surface area contributed by atoms with Crippen molar-refractivity contribution in [2.45, 2.75) is 63.6 Å². The van der Waals surface area contributed by atoms with Crippen LogP contribution in [-0.4, -0.2) is 31.9 Å². The summed E-state index contributed by atoms with van der Waals surface area (Å²) in [5, 5.41) is 3.22. The highest BCUT2D eigenvalue weighted by molar-refractivity contribution is 7.89. The van der Waals surface area contributed by atoms with Crippen LogP contribution in [0.5, 0.6) is 0 Å². The third kappa shape index (κ3) is 3.87. The maximum absolute atomic E-state index is 12.8. The lowest BCUT2D eigenvalue weighted by Gasteiger charge is -2.27. The SMILES string of the molecule is CCNCc1ccc(S(=O)(=O)N2CCCCCC2CC)o1. The molecule has 1 unspecified atom stereocenters. The van der Waals surface area contributed by atoms with Gasteiger partial charge >= 0.3 is 0 Å². The molecule has 1 aliphatic rings. The highest BCUT2D eigenvalue weighted by Crippen LogP contribution is 2.27. The number of hydrogen-bond donors (Lipinski definition) is 1. The quantitative estimate of drug-likeness (QED) is 0.877. The predicted molar refractivity (Wildman–Crippen MR) is 82.5 cm³/mol. The van der Waals surface area contributed by atoms with E-state index >= 15 is 0 Å². The first-order valence-electron chi connectivity index (χ1n) is 7.90. The van der Waals surface area contributed by atoms with Crippen LogP contribution in [0.15, 0.2) is 21.6 Å². The van der Waals surface area contributed by atoms with Gasteiger partial charge in [-0.1, -0.05) is 26.7 Å². The van der Waals surface area contributed by atoms with Gasteiger partial charge in [0.05, 0.1) is 6.54 Å². The van der Waals surface area contributed by atoms with Crippen molar-refractivity contribution in [2.75, 3.05) is 13.1 Å². The lowest BCUT2D eigenvalue weighted by Crippen LogP contribution is -2.39. The molecule has 1 atom stereocenters. The molecule has 0 amide bonds. The third-order valence-electron chi connectivity index (χ3n) is 4.04. The Bertz CT molecular complexity index is 539. The monoisotopic (exact) mass is 314 g/mol. The van der Waals surface area contributed by atoms with E-state index in [-0.39, 0.29) is 11.1 Å². The van der Waals surface area contributed by atoms with Gasteiger partial charge in [-0.3, -0.25) is 0 Å². The highest BCUT2D eigenvalue weighted by Gasteiger charge is 2.33. The Morgan fingerprint density at radius 1 is 1.29 bits per heavy atom. The second kappa shape index (κ2) is 7.42. The Morgan fingerprint density at radius 2 is 2.10 bits per heavy atom.